The monoisotopic (exact) mass is 333 g/mol. The zero-order chi connectivity index (χ0) is 17.2. The molecule has 0 heterocycles. The van der Waals surface area contributed by atoms with Crippen molar-refractivity contribution < 1.29 is 19.1 Å². The van der Waals surface area contributed by atoms with Crippen molar-refractivity contribution >= 4 is 11.9 Å². The Labute approximate surface area is 143 Å². The lowest BCUT2D eigenvalue weighted by Crippen LogP contribution is -2.40. The maximum atomic E-state index is 12.6. The first-order valence-electron chi connectivity index (χ1n) is 8.75. The van der Waals surface area contributed by atoms with Crippen LogP contribution in [0.1, 0.15) is 44.9 Å². The first-order valence-corrected chi connectivity index (χ1v) is 8.75. The molecule has 1 aromatic rings. The Hall–Kier alpha value is -2.04. The average molecular weight is 333 g/mol. The second kappa shape index (κ2) is 9.96. The number of para-hydroxylation sites is 1. The number of rotatable bonds is 9. The average Bonchev–Trinajstić information content (AvgIpc) is 3.14. The molecule has 1 aromatic carbocycles. The summed E-state index contributed by atoms with van der Waals surface area (Å²) >= 11 is 0. The zero-order valence-electron chi connectivity index (χ0n) is 14.4. The predicted molar refractivity (Wildman–Crippen MR) is 91.8 cm³/mol. The van der Waals surface area contributed by atoms with Gasteiger partial charge in [-0.25, -0.2) is 0 Å². The van der Waals surface area contributed by atoms with E-state index < -0.39 is 0 Å². The first kappa shape index (κ1) is 18.3. The molecule has 0 unspecified atom stereocenters. The van der Waals surface area contributed by atoms with Crippen LogP contribution < -0.4 is 4.74 Å². The van der Waals surface area contributed by atoms with E-state index in [0.29, 0.717) is 26.0 Å². The summed E-state index contributed by atoms with van der Waals surface area (Å²) in [5.74, 6) is 0.670. The summed E-state index contributed by atoms with van der Waals surface area (Å²) in [7, 11) is 1.38. The van der Waals surface area contributed by atoms with E-state index >= 15 is 0 Å². The minimum Gasteiger partial charge on any atom is -0.494 e. The molecule has 1 aliphatic rings. The number of nitrogens with zero attached hydrogens (tertiary/aromatic N) is 1. The third-order valence-electron chi connectivity index (χ3n) is 4.42. The van der Waals surface area contributed by atoms with E-state index in [1.807, 2.05) is 35.2 Å². The van der Waals surface area contributed by atoms with Crippen LogP contribution in [0.15, 0.2) is 30.3 Å². The van der Waals surface area contributed by atoms with Crippen LogP contribution in [0.3, 0.4) is 0 Å². The van der Waals surface area contributed by atoms with Crippen molar-refractivity contribution in [2.75, 3.05) is 20.3 Å². The fourth-order valence-electron chi connectivity index (χ4n) is 3.11. The molecule has 0 bridgehead atoms. The Kier molecular flexibility index (Phi) is 7.59. The molecule has 132 valence electrons. The van der Waals surface area contributed by atoms with Gasteiger partial charge in [0.2, 0.25) is 5.91 Å². The highest BCUT2D eigenvalue weighted by Gasteiger charge is 2.26. The van der Waals surface area contributed by atoms with E-state index in [4.69, 9.17) is 9.47 Å². The lowest BCUT2D eigenvalue weighted by molar-refractivity contribution is -0.142. The number of hydrogen-bond donors (Lipinski definition) is 0. The largest absolute Gasteiger partial charge is 0.494 e. The number of methoxy groups -OCH3 is 1. The van der Waals surface area contributed by atoms with E-state index in [0.717, 1.165) is 31.4 Å². The molecule has 1 saturated carbocycles. The Morgan fingerprint density at radius 3 is 2.50 bits per heavy atom. The summed E-state index contributed by atoms with van der Waals surface area (Å²) < 4.78 is 10.3. The quantitative estimate of drug-likeness (QED) is 0.514. The van der Waals surface area contributed by atoms with Gasteiger partial charge in [-0.3, -0.25) is 9.59 Å². The van der Waals surface area contributed by atoms with E-state index in [-0.39, 0.29) is 24.3 Å². The van der Waals surface area contributed by atoms with Gasteiger partial charge in [0.15, 0.2) is 0 Å². The molecule has 0 atom stereocenters. The van der Waals surface area contributed by atoms with Gasteiger partial charge >= 0.3 is 5.97 Å². The van der Waals surface area contributed by atoms with Gasteiger partial charge in [0.1, 0.15) is 5.75 Å². The number of esters is 1. The number of carbonyl (C=O) groups is 2. The fraction of sp³-hybridized carbons (Fsp3) is 0.579. The van der Waals surface area contributed by atoms with Gasteiger partial charge in [-0.15, -0.1) is 0 Å². The number of hydrogen-bond acceptors (Lipinski definition) is 4. The fourth-order valence-corrected chi connectivity index (χ4v) is 3.11. The van der Waals surface area contributed by atoms with Crippen molar-refractivity contribution in [1.82, 2.24) is 4.90 Å². The Morgan fingerprint density at radius 2 is 1.83 bits per heavy atom. The van der Waals surface area contributed by atoms with Gasteiger partial charge in [-0.2, -0.15) is 0 Å². The summed E-state index contributed by atoms with van der Waals surface area (Å²) in [6.45, 7) is 0.973. The molecule has 2 rings (SSSR count). The Morgan fingerprint density at radius 1 is 1.12 bits per heavy atom. The molecular formula is C19H27NO4. The molecule has 1 fully saturated rings. The standard InChI is InChI=1S/C19H27NO4/c1-23-19(22)13-14-20(16-8-5-6-9-16)18(21)12-7-15-24-17-10-3-2-4-11-17/h2-4,10-11,16H,5-9,12-15H2,1H3. The SMILES string of the molecule is COC(=O)CCN(C(=O)CCCOc1ccccc1)C1CCCC1. The van der Waals surface area contributed by atoms with Crippen molar-refractivity contribution in [1.29, 1.82) is 0 Å². The minimum atomic E-state index is -0.266. The van der Waals surface area contributed by atoms with Gasteiger partial charge < -0.3 is 14.4 Å². The first-order chi connectivity index (χ1) is 11.7. The summed E-state index contributed by atoms with van der Waals surface area (Å²) in [6, 6.07) is 9.88. The zero-order valence-corrected chi connectivity index (χ0v) is 14.4. The lowest BCUT2D eigenvalue weighted by Gasteiger charge is -2.29. The molecular weight excluding hydrogens is 306 g/mol. The lowest BCUT2D eigenvalue weighted by atomic mass is 10.1. The van der Waals surface area contributed by atoms with Crippen molar-refractivity contribution in [3.05, 3.63) is 30.3 Å². The van der Waals surface area contributed by atoms with Crippen LogP contribution >= 0.6 is 0 Å². The molecule has 0 N–H and O–H groups in total. The van der Waals surface area contributed by atoms with E-state index in [1.165, 1.54) is 7.11 Å². The van der Waals surface area contributed by atoms with Gasteiger partial charge in [0.05, 0.1) is 20.1 Å². The predicted octanol–water partition coefficient (Wildman–Crippen LogP) is 3.18. The van der Waals surface area contributed by atoms with Crippen molar-refractivity contribution in [2.24, 2.45) is 0 Å². The maximum Gasteiger partial charge on any atom is 0.307 e. The summed E-state index contributed by atoms with van der Waals surface area (Å²) in [4.78, 5) is 25.8. The van der Waals surface area contributed by atoms with Crippen LogP contribution in [0, 0.1) is 0 Å². The molecule has 1 aliphatic carbocycles. The highest BCUT2D eigenvalue weighted by molar-refractivity contribution is 5.77. The smallest absolute Gasteiger partial charge is 0.307 e. The van der Waals surface area contributed by atoms with Crippen LogP contribution in [-0.2, 0) is 14.3 Å². The second-order valence-electron chi connectivity index (χ2n) is 6.12. The topological polar surface area (TPSA) is 55.8 Å². The number of carbonyl (C=O) groups excluding carboxylic acids is 2. The summed E-state index contributed by atoms with van der Waals surface area (Å²) in [5.41, 5.74) is 0. The number of benzene rings is 1. The highest BCUT2D eigenvalue weighted by atomic mass is 16.5. The molecule has 24 heavy (non-hydrogen) atoms. The molecule has 1 amide bonds. The number of ether oxygens (including phenoxy) is 2. The van der Waals surface area contributed by atoms with E-state index in [9.17, 15) is 9.59 Å². The molecule has 0 radical (unpaired) electrons. The van der Waals surface area contributed by atoms with Crippen molar-refractivity contribution in [3.63, 3.8) is 0 Å². The minimum absolute atomic E-state index is 0.113. The Bertz CT molecular complexity index is 511. The second-order valence-corrected chi connectivity index (χ2v) is 6.12. The summed E-state index contributed by atoms with van der Waals surface area (Å²) in [5, 5.41) is 0. The van der Waals surface area contributed by atoms with Gasteiger partial charge in [-0.1, -0.05) is 31.0 Å². The number of amides is 1. The molecule has 0 aromatic heterocycles. The van der Waals surface area contributed by atoms with Crippen LogP contribution in [0.2, 0.25) is 0 Å². The third-order valence-corrected chi connectivity index (χ3v) is 4.42. The van der Waals surface area contributed by atoms with Crippen molar-refractivity contribution in [3.8, 4) is 5.75 Å². The Balaban J connectivity index is 1.77. The van der Waals surface area contributed by atoms with E-state index in [1.54, 1.807) is 0 Å². The molecule has 0 saturated heterocycles. The van der Waals surface area contributed by atoms with Crippen LogP contribution in [0.4, 0.5) is 0 Å². The van der Waals surface area contributed by atoms with Gasteiger partial charge in [0, 0.05) is 19.0 Å². The van der Waals surface area contributed by atoms with Crippen LogP contribution in [0.25, 0.3) is 0 Å². The van der Waals surface area contributed by atoms with Gasteiger partial charge in [-0.05, 0) is 31.4 Å². The molecule has 0 spiro atoms. The normalized spacial score (nSPS) is 14.4. The molecule has 5 heteroatoms. The summed E-state index contributed by atoms with van der Waals surface area (Å²) in [6.07, 6.45) is 5.77. The highest BCUT2D eigenvalue weighted by Crippen LogP contribution is 2.24. The molecule has 5 nitrogen and oxygen atoms in total. The van der Waals surface area contributed by atoms with Crippen molar-refractivity contribution in [2.45, 2.75) is 51.0 Å². The maximum absolute atomic E-state index is 12.6. The van der Waals surface area contributed by atoms with Crippen LogP contribution in [-0.4, -0.2) is 43.1 Å². The van der Waals surface area contributed by atoms with E-state index in [2.05, 4.69) is 0 Å². The van der Waals surface area contributed by atoms with Gasteiger partial charge in [0.25, 0.3) is 0 Å². The van der Waals surface area contributed by atoms with Crippen LogP contribution in [0.5, 0.6) is 5.75 Å². The molecule has 0 aliphatic heterocycles. The third kappa shape index (κ3) is 5.87.